The SMILES string of the molecule is CCOC(=O)c1cnn2c(C(F)(F)Cl)cc(C)nc12. The number of rotatable bonds is 3. The minimum absolute atomic E-state index is 0.00576. The molecule has 0 spiro atoms. The summed E-state index contributed by atoms with van der Waals surface area (Å²) in [5.41, 5.74) is -0.234. The number of aromatic nitrogens is 3. The van der Waals surface area contributed by atoms with Gasteiger partial charge in [-0.2, -0.15) is 13.9 Å². The molecule has 2 aromatic rings. The van der Waals surface area contributed by atoms with Crippen molar-refractivity contribution in [2.24, 2.45) is 0 Å². The minimum Gasteiger partial charge on any atom is -0.462 e. The predicted octanol–water partition coefficient (Wildman–Crippen LogP) is 2.50. The third-order valence-electron chi connectivity index (χ3n) is 2.39. The van der Waals surface area contributed by atoms with E-state index in [1.165, 1.54) is 6.92 Å². The predicted molar refractivity (Wildman–Crippen MR) is 63.4 cm³/mol. The van der Waals surface area contributed by atoms with Gasteiger partial charge in [0.1, 0.15) is 11.3 Å². The third kappa shape index (κ3) is 2.51. The van der Waals surface area contributed by atoms with Crippen LogP contribution < -0.4 is 0 Å². The van der Waals surface area contributed by atoms with Gasteiger partial charge in [-0.05, 0) is 31.5 Å². The van der Waals surface area contributed by atoms with E-state index in [1.807, 2.05) is 0 Å². The van der Waals surface area contributed by atoms with E-state index in [0.717, 1.165) is 16.8 Å². The molecule has 0 aliphatic heterocycles. The Morgan fingerprint density at radius 1 is 1.58 bits per heavy atom. The Morgan fingerprint density at radius 2 is 2.26 bits per heavy atom. The molecule has 0 atom stereocenters. The molecule has 102 valence electrons. The lowest BCUT2D eigenvalue weighted by molar-refractivity contribution is 0.0528. The summed E-state index contributed by atoms with van der Waals surface area (Å²) in [4.78, 5) is 15.7. The smallest absolute Gasteiger partial charge is 0.364 e. The fourth-order valence-electron chi connectivity index (χ4n) is 1.64. The molecule has 2 heterocycles. The molecule has 2 rings (SSSR count). The van der Waals surface area contributed by atoms with E-state index in [1.54, 1.807) is 6.92 Å². The second-order valence-corrected chi connectivity index (χ2v) is 4.27. The van der Waals surface area contributed by atoms with Gasteiger partial charge in [-0.25, -0.2) is 14.3 Å². The van der Waals surface area contributed by atoms with Gasteiger partial charge in [0.2, 0.25) is 0 Å². The minimum atomic E-state index is -3.61. The maximum absolute atomic E-state index is 13.3. The number of nitrogens with zero attached hydrogens (tertiary/aromatic N) is 3. The molecule has 2 aromatic heterocycles. The van der Waals surface area contributed by atoms with Crippen LogP contribution in [0.3, 0.4) is 0 Å². The van der Waals surface area contributed by atoms with E-state index in [2.05, 4.69) is 10.1 Å². The van der Waals surface area contributed by atoms with E-state index >= 15 is 0 Å². The van der Waals surface area contributed by atoms with Crippen molar-refractivity contribution in [3.8, 4) is 0 Å². The molecule has 0 amide bonds. The number of carbonyl (C=O) groups is 1. The Hall–Kier alpha value is -1.76. The lowest BCUT2D eigenvalue weighted by Crippen LogP contribution is -2.13. The molecular formula is C11H10ClF2N3O2. The molecule has 0 aromatic carbocycles. The molecule has 5 nitrogen and oxygen atoms in total. The quantitative estimate of drug-likeness (QED) is 0.643. The van der Waals surface area contributed by atoms with Crippen LogP contribution in [0, 0.1) is 6.92 Å². The summed E-state index contributed by atoms with van der Waals surface area (Å²) in [6.45, 7) is 3.33. The summed E-state index contributed by atoms with van der Waals surface area (Å²) in [7, 11) is 0. The van der Waals surface area contributed by atoms with Crippen LogP contribution in [0.1, 0.15) is 28.7 Å². The Balaban J connectivity index is 2.67. The van der Waals surface area contributed by atoms with Crippen molar-refractivity contribution in [3.63, 3.8) is 0 Å². The van der Waals surface area contributed by atoms with Crippen molar-refractivity contribution in [1.29, 1.82) is 0 Å². The van der Waals surface area contributed by atoms with Gasteiger partial charge in [0.25, 0.3) is 0 Å². The molecule has 0 aliphatic rings. The van der Waals surface area contributed by atoms with Gasteiger partial charge in [0.05, 0.1) is 12.8 Å². The first-order valence-electron chi connectivity index (χ1n) is 5.44. The number of fused-ring (bicyclic) bond motifs is 1. The topological polar surface area (TPSA) is 56.5 Å². The lowest BCUT2D eigenvalue weighted by atomic mass is 10.3. The number of esters is 1. The molecule has 0 saturated carbocycles. The van der Waals surface area contributed by atoms with Crippen molar-refractivity contribution in [2.75, 3.05) is 6.61 Å². The number of hydrogen-bond donors (Lipinski definition) is 0. The highest BCUT2D eigenvalue weighted by atomic mass is 35.5. The van der Waals surface area contributed by atoms with Crippen LogP contribution in [0.2, 0.25) is 0 Å². The van der Waals surface area contributed by atoms with Gasteiger partial charge in [0.15, 0.2) is 5.65 Å². The van der Waals surface area contributed by atoms with E-state index in [4.69, 9.17) is 16.3 Å². The van der Waals surface area contributed by atoms with Crippen LogP contribution in [0.25, 0.3) is 5.65 Å². The molecule has 0 unspecified atom stereocenters. The highest BCUT2D eigenvalue weighted by molar-refractivity contribution is 6.21. The van der Waals surface area contributed by atoms with Crippen LogP contribution in [-0.2, 0) is 10.1 Å². The molecule has 0 bridgehead atoms. The fraction of sp³-hybridized carbons (Fsp3) is 0.364. The highest BCUT2D eigenvalue weighted by Crippen LogP contribution is 2.32. The third-order valence-corrected chi connectivity index (χ3v) is 2.58. The van der Waals surface area contributed by atoms with Crippen molar-refractivity contribution in [2.45, 2.75) is 19.2 Å². The van der Waals surface area contributed by atoms with Gasteiger partial charge in [-0.1, -0.05) is 0 Å². The number of aryl methyl sites for hydroxylation is 1. The molecule has 0 fully saturated rings. The molecule has 8 heteroatoms. The van der Waals surface area contributed by atoms with E-state index in [-0.39, 0.29) is 17.8 Å². The summed E-state index contributed by atoms with van der Waals surface area (Å²) in [5.74, 6) is -0.667. The zero-order valence-electron chi connectivity index (χ0n) is 10.2. The average molecular weight is 290 g/mol. The van der Waals surface area contributed by atoms with Gasteiger partial charge in [-0.3, -0.25) is 0 Å². The van der Waals surface area contributed by atoms with Crippen LogP contribution in [0.15, 0.2) is 12.3 Å². The van der Waals surface area contributed by atoms with E-state index in [9.17, 15) is 13.6 Å². The van der Waals surface area contributed by atoms with Crippen LogP contribution in [0.5, 0.6) is 0 Å². The lowest BCUT2D eigenvalue weighted by Gasteiger charge is -2.10. The first kappa shape index (κ1) is 13.7. The zero-order valence-corrected chi connectivity index (χ0v) is 10.9. The Bertz CT molecular complexity index is 637. The average Bonchev–Trinajstić information content (AvgIpc) is 2.70. The van der Waals surface area contributed by atoms with Gasteiger partial charge in [0, 0.05) is 5.69 Å². The zero-order chi connectivity index (χ0) is 14.2. The fourth-order valence-corrected chi connectivity index (χ4v) is 1.77. The number of alkyl halides is 3. The molecule has 19 heavy (non-hydrogen) atoms. The molecule has 0 N–H and O–H groups in total. The first-order chi connectivity index (χ1) is 8.84. The number of carbonyl (C=O) groups excluding carboxylic acids is 1. The Kier molecular flexibility index (Phi) is 3.40. The van der Waals surface area contributed by atoms with Crippen LogP contribution in [-0.4, -0.2) is 27.2 Å². The maximum Gasteiger partial charge on any atom is 0.364 e. The highest BCUT2D eigenvalue weighted by Gasteiger charge is 2.33. The van der Waals surface area contributed by atoms with Gasteiger partial charge in [-0.15, -0.1) is 0 Å². The van der Waals surface area contributed by atoms with Crippen molar-refractivity contribution >= 4 is 23.2 Å². The summed E-state index contributed by atoms with van der Waals surface area (Å²) in [6.07, 6.45) is 1.13. The van der Waals surface area contributed by atoms with E-state index < -0.39 is 17.0 Å². The van der Waals surface area contributed by atoms with Gasteiger partial charge >= 0.3 is 11.4 Å². The van der Waals surface area contributed by atoms with E-state index in [0.29, 0.717) is 5.69 Å². The number of hydrogen-bond acceptors (Lipinski definition) is 4. The Morgan fingerprint density at radius 3 is 2.84 bits per heavy atom. The molecule has 0 radical (unpaired) electrons. The van der Waals surface area contributed by atoms with Gasteiger partial charge < -0.3 is 4.74 Å². The summed E-state index contributed by atoms with van der Waals surface area (Å²) >= 11 is 5.02. The second kappa shape index (κ2) is 4.73. The van der Waals surface area contributed by atoms with Crippen molar-refractivity contribution in [3.05, 3.63) is 29.2 Å². The monoisotopic (exact) mass is 289 g/mol. The summed E-state index contributed by atoms with van der Waals surface area (Å²) in [6, 6.07) is 1.11. The molecule has 0 aliphatic carbocycles. The first-order valence-corrected chi connectivity index (χ1v) is 5.82. The standard InChI is InChI=1S/C11H10ClF2N3O2/c1-3-19-10(18)7-5-15-17-8(11(12,13)14)4-6(2)16-9(7)17/h4-5H,3H2,1-2H3. The van der Waals surface area contributed by atoms with Crippen molar-refractivity contribution < 1.29 is 18.3 Å². The largest absolute Gasteiger partial charge is 0.462 e. The maximum atomic E-state index is 13.3. The van der Waals surface area contributed by atoms with Crippen molar-refractivity contribution in [1.82, 2.24) is 14.6 Å². The van der Waals surface area contributed by atoms with Crippen LogP contribution in [0.4, 0.5) is 8.78 Å². The normalized spacial score (nSPS) is 11.8. The summed E-state index contributed by atoms with van der Waals surface area (Å²) in [5, 5.41) is 0.111. The molecular weight excluding hydrogens is 280 g/mol. The molecule has 0 saturated heterocycles. The Labute approximate surface area is 112 Å². The number of halogens is 3. The number of ether oxygens (including phenoxy) is 1. The second-order valence-electron chi connectivity index (χ2n) is 3.79. The van der Waals surface area contributed by atoms with Crippen LogP contribution >= 0.6 is 11.6 Å². The summed E-state index contributed by atoms with van der Waals surface area (Å²) < 4.78 is 32.2.